The van der Waals surface area contributed by atoms with Crippen LogP contribution in [0.1, 0.15) is 29.9 Å². The number of pyridine rings is 1. The SMILES string of the molecule is Cc1ccc(-c2cnc3n2CCN(C)C32CCN(Cc3ccccn3)CC2)cc1.O=C(O)C(F)(F)F.O=C(O)C(F)(F)F. The van der Waals surface area contributed by atoms with E-state index in [-0.39, 0.29) is 5.54 Å². The van der Waals surface area contributed by atoms with Crippen LogP contribution in [0.4, 0.5) is 26.3 Å². The van der Waals surface area contributed by atoms with Crippen molar-refractivity contribution in [1.82, 2.24) is 24.3 Å². The summed E-state index contributed by atoms with van der Waals surface area (Å²) in [6.07, 6.45) is -3.97. The van der Waals surface area contributed by atoms with Crippen molar-refractivity contribution in [1.29, 1.82) is 0 Å². The highest BCUT2D eigenvalue weighted by Gasteiger charge is 2.45. The summed E-state index contributed by atoms with van der Waals surface area (Å²) in [5.74, 6) is -4.26. The van der Waals surface area contributed by atoms with Gasteiger partial charge in [-0.15, -0.1) is 0 Å². The highest BCUT2D eigenvalue weighted by Crippen LogP contribution is 2.41. The predicted octanol–water partition coefficient (Wildman–Crippen LogP) is 4.96. The standard InChI is InChI=1S/C24H29N5.2C2HF3O2/c1-19-6-8-20(9-7-19)22-17-26-23-24(27(2)15-16-29(22)23)10-13-28(14-11-24)18-21-5-3-4-12-25-21;2*3-2(4,5)1(6)7/h3-9,12,17H,10-11,13-16,18H2,1-2H3;2*(H,6,7). The van der Waals surface area contributed by atoms with Gasteiger partial charge in [-0.3, -0.25) is 14.8 Å². The topological polar surface area (TPSA) is 112 Å². The molecular weight excluding hydrogens is 584 g/mol. The van der Waals surface area contributed by atoms with Crippen molar-refractivity contribution in [3.8, 4) is 11.3 Å². The lowest BCUT2D eigenvalue weighted by Crippen LogP contribution is -2.56. The first-order valence-electron chi connectivity index (χ1n) is 13.1. The Morgan fingerprint density at radius 1 is 0.860 bits per heavy atom. The van der Waals surface area contributed by atoms with Gasteiger partial charge in [0.05, 0.1) is 23.1 Å². The first-order valence-corrected chi connectivity index (χ1v) is 13.1. The van der Waals surface area contributed by atoms with Crippen LogP contribution in [0.5, 0.6) is 0 Å². The molecule has 5 rings (SSSR count). The van der Waals surface area contributed by atoms with Gasteiger partial charge in [0, 0.05) is 38.9 Å². The molecule has 0 aliphatic carbocycles. The third-order valence-electron chi connectivity index (χ3n) is 7.29. The number of piperidine rings is 1. The number of hydrogen-bond acceptors (Lipinski definition) is 6. The second-order valence-corrected chi connectivity index (χ2v) is 10.1. The summed E-state index contributed by atoms with van der Waals surface area (Å²) < 4.78 is 65.9. The van der Waals surface area contributed by atoms with Gasteiger partial charge in [-0.25, -0.2) is 14.6 Å². The molecule has 43 heavy (non-hydrogen) atoms. The predicted molar refractivity (Wildman–Crippen MR) is 143 cm³/mol. The van der Waals surface area contributed by atoms with Crippen LogP contribution in [0.2, 0.25) is 0 Å². The fourth-order valence-corrected chi connectivity index (χ4v) is 4.97. The maximum Gasteiger partial charge on any atom is 0.490 e. The van der Waals surface area contributed by atoms with E-state index in [4.69, 9.17) is 24.8 Å². The van der Waals surface area contributed by atoms with Crippen molar-refractivity contribution in [2.45, 2.75) is 50.7 Å². The first-order chi connectivity index (χ1) is 20.0. The van der Waals surface area contributed by atoms with Gasteiger partial charge in [-0.2, -0.15) is 26.3 Å². The average Bonchev–Trinajstić information content (AvgIpc) is 3.38. The number of alkyl halides is 6. The van der Waals surface area contributed by atoms with E-state index in [1.165, 1.54) is 22.6 Å². The molecule has 1 saturated heterocycles. The van der Waals surface area contributed by atoms with Gasteiger partial charge in [-0.1, -0.05) is 35.9 Å². The van der Waals surface area contributed by atoms with E-state index in [1.807, 2.05) is 12.3 Å². The number of fused-ring (bicyclic) bond motifs is 2. The van der Waals surface area contributed by atoms with Crippen molar-refractivity contribution < 1.29 is 46.1 Å². The summed E-state index contributed by atoms with van der Waals surface area (Å²) >= 11 is 0. The van der Waals surface area contributed by atoms with Gasteiger partial charge in [0.2, 0.25) is 0 Å². The van der Waals surface area contributed by atoms with Crippen LogP contribution in [-0.4, -0.2) is 85.5 Å². The Balaban J connectivity index is 0.000000303. The Kier molecular flexibility index (Phi) is 10.6. The lowest BCUT2D eigenvalue weighted by atomic mass is 9.83. The van der Waals surface area contributed by atoms with Gasteiger partial charge in [0.25, 0.3) is 0 Å². The Hall–Kier alpha value is -3.98. The summed E-state index contributed by atoms with van der Waals surface area (Å²) in [6.45, 7) is 7.31. The number of aliphatic carboxylic acids is 2. The second-order valence-electron chi connectivity index (χ2n) is 10.1. The highest BCUT2D eigenvalue weighted by molar-refractivity contribution is 5.73. The number of carboxylic acid groups (broad SMARTS) is 2. The van der Waals surface area contributed by atoms with Crippen molar-refractivity contribution in [3.05, 3.63) is 71.9 Å². The van der Waals surface area contributed by atoms with E-state index in [2.05, 4.69) is 75.9 Å². The quantitative estimate of drug-likeness (QED) is 0.398. The van der Waals surface area contributed by atoms with Crippen molar-refractivity contribution in [3.63, 3.8) is 0 Å². The molecule has 2 aliphatic rings. The van der Waals surface area contributed by atoms with Crippen molar-refractivity contribution >= 4 is 11.9 Å². The molecule has 3 aromatic rings. The zero-order chi connectivity index (χ0) is 32.0. The fourth-order valence-electron chi connectivity index (χ4n) is 4.97. The second kappa shape index (κ2) is 13.5. The lowest BCUT2D eigenvalue weighted by molar-refractivity contribution is -0.193. The Bertz CT molecular complexity index is 1350. The number of rotatable bonds is 3. The van der Waals surface area contributed by atoms with Gasteiger partial charge in [0.1, 0.15) is 5.82 Å². The molecule has 4 heterocycles. The van der Waals surface area contributed by atoms with Crippen molar-refractivity contribution in [2.75, 3.05) is 26.7 Å². The highest BCUT2D eigenvalue weighted by atomic mass is 19.4. The molecule has 15 heteroatoms. The minimum atomic E-state index is -5.08. The van der Waals surface area contributed by atoms with Crippen LogP contribution >= 0.6 is 0 Å². The Morgan fingerprint density at radius 2 is 1.42 bits per heavy atom. The largest absolute Gasteiger partial charge is 0.490 e. The Labute approximate surface area is 243 Å². The van der Waals surface area contributed by atoms with Gasteiger partial charge in [-0.05, 0) is 44.5 Å². The number of nitrogens with zero attached hydrogens (tertiary/aromatic N) is 5. The maximum atomic E-state index is 10.6. The fraction of sp³-hybridized carbons (Fsp3) is 0.429. The number of aryl methyl sites for hydroxylation is 1. The molecule has 2 aliphatic heterocycles. The average molecular weight is 616 g/mol. The maximum absolute atomic E-state index is 10.6. The third-order valence-corrected chi connectivity index (χ3v) is 7.29. The monoisotopic (exact) mass is 615 g/mol. The van der Waals surface area contributed by atoms with E-state index in [0.717, 1.165) is 51.3 Å². The number of imidazole rings is 1. The van der Waals surface area contributed by atoms with Crippen LogP contribution in [0.15, 0.2) is 54.9 Å². The Morgan fingerprint density at radius 3 is 1.91 bits per heavy atom. The van der Waals surface area contributed by atoms with Crippen LogP contribution in [0.3, 0.4) is 0 Å². The third kappa shape index (κ3) is 8.54. The zero-order valence-corrected chi connectivity index (χ0v) is 23.4. The normalized spacial score (nSPS) is 16.7. The van der Waals surface area contributed by atoms with Crippen LogP contribution in [0, 0.1) is 6.92 Å². The summed E-state index contributed by atoms with van der Waals surface area (Å²) in [4.78, 5) is 32.4. The number of likely N-dealkylation sites (tertiary alicyclic amines) is 1. The van der Waals surface area contributed by atoms with Crippen LogP contribution in [0.25, 0.3) is 11.3 Å². The lowest BCUT2D eigenvalue weighted by Gasteiger charge is -2.49. The molecule has 1 spiro atoms. The number of benzene rings is 1. The number of carbonyl (C=O) groups is 2. The smallest absolute Gasteiger partial charge is 0.475 e. The number of likely N-dealkylation sites (N-methyl/N-ethyl adjacent to an activating group) is 1. The van der Waals surface area contributed by atoms with Crippen LogP contribution in [-0.2, 0) is 28.2 Å². The summed E-state index contributed by atoms with van der Waals surface area (Å²) in [6, 6.07) is 15.0. The summed E-state index contributed by atoms with van der Waals surface area (Å²) in [5, 5.41) is 14.2. The van der Waals surface area contributed by atoms with Gasteiger partial charge >= 0.3 is 24.3 Å². The molecule has 0 saturated carbocycles. The molecule has 0 radical (unpaired) electrons. The van der Waals surface area contributed by atoms with E-state index in [0.29, 0.717) is 0 Å². The number of halogens is 6. The molecule has 0 amide bonds. The molecule has 1 fully saturated rings. The molecule has 0 unspecified atom stereocenters. The zero-order valence-electron chi connectivity index (χ0n) is 23.4. The minimum Gasteiger partial charge on any atom is -0.475 e. The van der Waals surface area contributed by atoms with E-state index < -0.39 is 24.3 Å². The first kappa shape index (κ1) is 33.5. The van der Waals surface area contributed by atoms with E-state index in [9.17, 15) is 26.3 Å². The summed E-state index contributed by atoms with van der Waals surface area (Å²) in [7, 11) is 2.28. The minimum absolute atomic E-state index is 0.0435. The molecule has 0 atom stereocenters. The number of aromatic nitrogens is 3. The molecular formula is C28H31F6N5O4. The van der Waals surface area contributed by atoms with E-state index >= 15 is 0 Å². The molecule has 1 aromatic carbocycles. The van der Waals surface area contributed by atoms with Crippen molar-refractivity contribution in [2.24, 2.45) is 0 Å². The van der Waals surface area contributed by atoms with Gasteiger partial charge in [0.15, 0.2) is 0 Å². The van der Waals surface area contributed by atoms with Crippen LogP contribution < -0.4 is 0 Å². The number of carboxylic acids is 2. The van der Waals surface area contributed by atoms with E-state index in [1.54, 1.807) is 0 Å². The van der Waals surface area contributed by atoms with Gasteiger partial charge < -0.3 is 14.8 Å². The molecule has 2 N–H and O–H groups in total. The molecule has 2 aromatic heterocycles. The number of hydrogen-bond donors (Lipinski definition) is 2. The molecule has 234 valence electrons. The molecule has 9 nitrogen and oxygen atoms in total. The summed E-state index contributed by atoms with van der Waals surface area (Å²) in [5.41, 5.74) is 5.01. The molecule has 0 bridgehead atoms.